The summed E-state index contributed by atoms with van der Waals surface area (Å²) in [6.45, 7) is 4.10. The van der Waals surface area contributed by atoms with E-state index in [1.165, 1.54) is 19.3 Å². The number of hydrogen-bond acceptors (Lipinski definition) is 3. The summed E-state index contributed by atoms with van der Waals surface area (Å²) in [5, 5.41) is 12.1. The van der Waals surface area contributed by atoms with Gasteiger partial charge in [0.2, 0.25) is 0 Å². The highest BCUT2D eigenvalue weighted by Gasteiger charge is 2.22. The quantitative estimate of drug-likeness (QED) is 0.378. The number of amidine groups is 1. The van der Waals surface area contributed by atoms with Crippen LogP contribution in [0.25, 0.3) is 0 Å². The third-order valence-electron chi connectivity index (χ3n) is 3.77. The van der Waals surface area contributed by atoms with Gasteiger partial charge in [-0.3, -0.25) is 0 Å². The van der Waals surface area contributed by atoms with Crippen LogP contribution in [0.2, 0.25) is 0 Å². The van der Waals surface area contributed by atoms with Gasteiger partial charge in [0, 0.05) is 28.8 Å². The molecule has 1 aliphatic carbocycles. The van der Waals surface area contributed by atoms with Crippen LogP contribution in [0.15, 0.2) is 27.8 Å². The molecule has 1 aliphatic rings. The van der Waals surface area contributed by atoms with Crippen LogP contribution in [0.5, 0.6) is 0 Å². The summed E-state index contributed by atoms with van der Waals surface area (Å²) in [6.07, 6.45) is 3.97. The fraction of sp³-hybridized carbons (Fsp3) is 0.500. The molecule has 3 N–H and O–H groups in total. The number of hydrogen-bond donors (Lipinski definition) is 2. The van der Waals surface area contributed by atoms with E-state index in [-0.39, 0.29) is 5.84 Å². The first-order valence-electron chi connectivity index (χ1n) is 6.68. The molecule has 0 aromatic heterocycles. The van der Waals surface area contributed by atoms with Crippen LogP contribution in [0, 0.1) is 5.92 Å². The van der Waals surface area contributed by atoms with E-state index in [2.05, 4.69) is 32.9 Å². The van der Waals surface area contributed by atoms with Gasteiger partial charge >= 0.3 is 0 Å². The zero-order chi connectivity index (χ0) is 13.8. The molecule has 0 aliphatic heterocycles. The first kappa shape index (κ1) is 14.2. The van der Waals surface area contributed by atoms with Crippen molar-refractivity contribution < 1.29 is 5.21 Å². The van der Waals surface area contributed by atoms with Crippen LogP contribution in [0.1, 0.15) is 31.7 Å². The molecule has 104 valence electrons. The summed E-state index contributed by atoms with van der Waals surface area (Å²) in [5.74, 6) is 0.937. The molecule has 19 heavy (non-hydrogen) atoms. The number of oxime groups is 1. The largest absolute Gasteiger partial charge is 0.409 e. The molecule has 4 nitrogen and oxygen atoms in total. The Hall–Kier alpha value is -1.23. The smallest absolute Gasteiger partial charge is 0.172 e. The average Bonchev–Trinajstić information content (AvgIpc) is 2.37. The molecule has 0 atom stereocenters. The van der Waals surface area contributed by atoms with E-state index in [9.17, 15) is 0 Å². The third-order valence-corrected chi connectivity index (χ3v) is 4.26. The SMILES string of the molecule is CCN(CC1CCC1)c1ccc(Br)cc1/C(N)=N/O. The van der Waals surface area contributed by atoms with Gasteiger partial charge < -0.3 is 15.8 Å². The van der Waals surface area contributed by atoms with Crippen LogP contribution in [0.4, 0.5) is 5.69 Å². The van der Waals surface area contributed by atoms with E-state index in [0.717, 1.165) is 34.7 Å². The van der Waals surface area contributed by atoms with Crippen molar-refractivity contribution in [2.45, 2.75) is 26.2 Å². The number of nitrogens with zero attached hydrogens (tertiary/aromatic N) is 2. The first-order chi connectivity index (χ1) is 9.15. The van der Waals surface area contributed by atoms with E-state index in [0.29, 0.717) is 0 Å². The lowest BCUT2D eigenvalue weighted by molar-refractivity contribution is 0.317. The van der Waals surface area contributed by atoms with E-state index in [1.54, 1.807) is 0 Å². The fourth-order valence-electron chi connectivity index (χ4n) is 2.43. The van der Waals surface area contributed by atoms with Crippen LogP contribution in [0.3, 0.4) is 0 Å². The highest BCUT2D eigenvalue weighted by atomic mass is 79.9. The predicted molar refractivity (Wildman–Crippen MR) is 81.9 cm³/mol. The van der Waals surface area contributed by atoms with Gasteiger partial charge in [0.25, 0.3) is 0 Å². The summed E-state index contributed by atoms with van der Waals surface area (Å²) >= 11 is 3.43. The lowest BCUT2D eigenvalue weighted by Crippen LogP contribution is -2.34. The Morgan fingerprint density at radius 1 is 1.53 bits per heavy atom. The number of rotatable bonds is 5. The van der Waals surface area contributed by atoms with Gasteiger partial charge in [-0.2, -0.15) is 0 Å². The summed E-state index contributed by atoms with van der Waals surface area (Å²) in [7, 11) is 0. The molecule has 5 heteroatoms. The Bertz CT molecular complexity index is 472. The molecule has 1 fully saturated rings. The molecule has 0 radical (unpaired) electrons. The first-order valence-corrected chi connectivity index (χ1v) is 7.47. The average molecular weight is 326 g/mol. The Kier molecular flexibility index (Phi) is 4.69. The van der Waals surface area contributed by atoms with Crippen molar-refractivity contribution in [1.82, 2.24) is 0 Å². The molecule has 0 unspecified atom stereocenters. The molecule has 0 spiro atoms. The van der Waals surface area contributed by atoms with Gasteiger partial charge in [-0.25, -0.2) is 0 Å². The molecule has 1 aromatic carbocycles. The molecule has 0 heterocycles. The van der Waals surface area contributed by atoms with Crippen molar-refractivity contribution in [3.8, 4) is 0 Å². The maximum Gasteiger partial charge on any atom is 0.172 e. The fourth-order valence-corrected chi connectivity index (χ4v) is 2.79. The minimum Gasteiger partial charge on any atom is -0.409 e. The Morgan fingerprint density at radius 3 is 2.79 bits per heavy atom. The predicted octanol–water partition coefficient (Wildman–Crippen LogP) is 3.17. The van der Waals surface area contributed by atoms with Gasteiger partial charge in [-0.15, -0.1) is 0 Å². The topological polar surface area (TPSA) is 61.8 Å². The van der Waals surface area contributed by atoms with Crippen molar-refractivity contribution >= 4 is 27.5 Å². The standard InChI is InChI=1S/C14H20BrN3O/c1-2-18(9-10-4-3-5-10)13-7-6-11(15)8-12(13)14(16)17-19/h6-8,10,19H,2-5,9H2,1H3,(H2,16,17). The normalized spacial score (nSPS) is 16.2. The Balaban J connectivity index is 2.29. The molecular formula is C14H20BrN3O. The Morgan fingerprint density at radius 2 is 2.26 bits per heavy atom. The highest BCUT2D eigenvalue weighted by Crippen LogP contribution is 2.31. The van der Waals surface area contributed by atoms with Gasteiger partial charge in [0.1, 0.15) is 0 Å². The lowest BCUT2D eigenvalue weighted by Gasteiger charge is -2.34. The molecule has 1 aromatic rings. The van der Waals surface area contributed by atoms with Crippen LogP contribution in [-0.4, -0.2) is 24.1 Å². The van der Waals surface area contributed by atoms with Crippen molar-refractivity contribution in [3.05, 3.63) is 28.2 Å². The molecule has 0 amide bonds. The molecule has 1 saturated carbocycles. The van der Waals surface area contributed by atoms with Gasteiger partial charge in [-0.1, -0.05) is 27.5 Å². The van der Waals surface area contributed by atoms with Crippen molar-refractivity contribution in [3.63, 3.8) is 0 Å². The molecule has 2 rings (SSSR count). The third kappa shape index (κ3) is 3.21. The number of nitrogens with two attached hydrogens (primary N) is 1. The maximum absolute atomic E-state index is 8.93. The monoisotopic (exact) mass is 325 g/mol. The van der Waals surface area contributed by atoms with Crippen molar-refractivity contribution in [1.29, 1.82) is 0 Å². The van der Waals surface area contributed by atoms with E-state index < -0.39 is 0 Å². The molecular weight excluding hydrogens is 306 g/mol. The second kappa shape index (κ2) is 6.28. The lowest BCUT2D eigenvalue weighted by atomic mass is 9.85. The molecule has 0 saturated heterocycles. The van der Waals surface area contributed by atoms with E-state index in [1.807, 2.05) is 18.2 Å². The molecule has 0 bridgehead atoms. The summed E-state index contributed by atoms with van der Waals surface area (Å²) in [5.41, 5.74) is 7.60. The summed E-state index contributed by atoms with van der Waals surface area (Å²) in [4.78, 5) is 2.31. The maximum atomic E-state index is 8.93. The van der Waals surface area contributed by atoms with E-state index >= 15 is 0 Å². The second-order valence-corrected chi connectivity index (χ2v) is 5.90. The number of halogens is 1. The van der Waals surface area contributed by atoms with Gasteiger partial charge in [0.15, 0.2) is 5.84 Å². The van der Waals surface area contributed by atoms with Gasteiger partial charge in [0.05, 0.1) is 0 Å². The number of benzene rings is 1. The minimum absolute atomic E-state index is 0.156. The van der Waals surface area contributed by atoms with Crippen LogP contribution in [-0.2, 0) is 0 Å². The van der Waals surface area contributed by atoms with Gasteiger partial charge in [-0.05, 0) is 43.9 Å². The van der Waals surface area contributed by atoms with Crippen LogP contribution < -0.4 is 10.6 Å². The number of anilines is 1. The van der Waals surface area contributed by atoms with E-state index in [4.69, 9.17) is 10.9 Å². The summed E-state index contributed by atoms with van der Waals surface area (Å²) < 4.78 is 0.928. The van der Waals surface area contributed by atoms with Crippen LogP contribution >= 0.6 is 15.9 Å². The Labute approximate surface area is 122 Å². The summed E-state index contributed by atoms with van der Waals surface area (Å²) in [6, 6.07) is 5.92. The highest BCUT2D eigenvalue weighted by molar-refractivity contribution is 9.10. The zero-order valence-corrected chi connectivity index (χ0v) is 12.7. The second-order valence-electron chi connectivity index (χ2n) is 4.98. The minimum atomic E-state index is 0.156. The van der Waals surface area contributed by atoms with Crippen molar-refractivity contribution in [2.24, 2.45) is 16.8 Å². The van der Waals surface area contributed by atoms with Crippen molar-refractivity contribution in [2.75, 3.05) is 18.0 Å². The zero-order valence-electron chi connectivity index (χ0n) is 11.1.